The summed E-state index contributed by atoms with van der Waals surface area (Å²) in [6.07, 6.45) is 1.19. The molecular weight excluding hydrogens is 420 g/mol. The largest absolute Gasteiger partial charge is 0.348 e. The van der Waals surface area contributed by atoms with Gasteiger partial charge in [-0.25, -0.2) is 8.42 Å². The molecule has 1 amide bonds. The summed E-state index contributed by atoms with van der Waals surface area (Å²) in [7, 11) is -3.46. The van der Waals surface area contributed by atoms with Crippen LogP contribution in [0.1, 0.15) is 27.0 Å². The molecule has 5 nitrogen and oxygen atoms in total. The number of aryl methyl sites for hydroxylation is 1. The topological polar surface area (TPSA) is 66.5 Å². The standard InChI is InChI=1S/C23H23ClN2O3S/c1-17-6-5-8-21(14-17)26(30(2,28)29)16-18-10-12-19(13-11-18)23(27)25-15-20-7-3-4-9-22(20)24/h3-14H,15-16H2,1-2H3,(H,25,27). The number of halogens is 1. The van der Waals surface area contributed by atoms with Crippen molar-refractivity contribution < 1.29 is 13.2 Å². The van der Waals surface area contributed by atoms with Gasteiger partial charge in [0.05, 0.1) is 18.5 Å². The van der Waals surface area contributed by atoms with Gasteiger partial charge in [0.1, 0.15) is 0 Å². The molecule has 3 rings (SSSR count). The summed E-state index contributed by atoms with van der Waals surface area (Å²) in [5.41, 5.74) is 3.70. The van der Waals surface area contributed by atoms with E-state index in [-0.39, 0.29) is 12.5 Å². The molecule has 0 heterocycles. The van der Waals surface area contributed by atoms with Gasteiger partial charge in [0.2, 0.25) is 10.0 Å². The normalized spacial score (nSPS) is 11.2. The van der Waals surface area contributed by atoms with Crippen LogP contribution in [0.5, 0.6) is 0 Å². The second-order valence-corrected chi connectivity index (χ2v) is 9.39. The van der Waals surface area contributed by atoms with Gasteiger partial charge >= 0.3 is 0 Å². The molecule has 0 saturated heterocycles. The minimum Gasteiger partial charge on any atom is -0.348 e. The predicted octanol–water partition coefficient (Wildman–Crippen LogP) is 4.54. The van der Waals surface area contributed by atoms with Crippen molar-refractivity contribution in [2.75, 3.05) is 10.6 Å². The van der Waals surface area contributed by atoms with E-state index in [0.717, 1.165) is 16.7 Å². The summed E-state index contributed by atoms with van der Waals surface area (Å²) in [6.45, 7) is 2.43. The maximum absolute atomic E-state index is 12.4. The van der Waals surface area contributed by atoms with E-state index >= 15 is 0 Å². The van der Waals surface area contributed by atoms with Gasteiger partial charge in [-0.3, -0.25) is 9.10 Å². The van der Waals surface area contributed by atoms with Gasteiger partial charge in [-0.15, -0.1) is 0 Å². The highest BCUT2D eigenvalue weighted by Gasteiger charge is 2.18. The molecule has 0 saturated carbocycles. The predicted molar refractivity (Wildman–Crippen MR) is 121 cm³/mol. The third-order valence-corrected chi connectivity index (χ3v) is 6.14. The first-order valence-corrected chi connectivity index (χ1v) is 11.6. The molecule has 0 unspecified atom stereocenters. The Hall–Kier alpha value is -2.83. The molecule has 0 aliphatic carbocycles. The SMILES string of the molecule is Cc1cccc(N(Cc2ccc(C(=O)NCc3ccccc3Cl)cc2)S(C)(=O)=O)c1. The van der Waals surface area contributed by atoms with Crippen LogP contribution in [0, 0.1) is 6.92 Å². The number of nitrogens with zero attached hydrogens (tertiary/aromatic N) is 1. The Bertz CT molecular complexity index is 1150. The summed E-state index contributed by atoms with van der Waals surface area (Å²) in [6, 6.07) is 21.6. The lowest BCUT2D eigenvalue weighted by molar-refractivity contribution is 0.0951. The van der Waals surface area contributed by atoms with Crippen molar-refractivity contribution in [1.29, 1.82) is 0 Å². The molecule has 0 spiro atoms. The highest BCUT2D eigenvalue weighted by Crippen LogP contribution is 2.22. The molecular formula is C23H23ClN2O3S. The molecule has 30 heavy (non-hydrogen) atoms. The highest BCUT2D eigenvalue weighted by molar-refractivity contribution is 7.92. The number of benzene rings is 3. The van der Waals surface area contributed by atoms with E-state index in [1.807, 2.05) is 43.3 Å². The number of rotatable bonds is 7. The van der Waals surface area contributed by atoms with E-state index in [1.54, 1.807) is 36.4 Å². The minimum absolute atomic E-state index is 0.184. The van der Waals surface area contributed by atoms with Crippen molar-refractivity contribution in [2.24, 2.45) is 0 Å². The van der Waals surface area contributed by atoms with Crippen LogP contribution in [0.3, 0.4) is 0 Å². The molecule has 3 aromatic carbocycles. The maximum Gasteiger partial charge on any atom is 0.251 e. The quantitative estimate of drug-likeness (QED) is 0.584. The highest BCUT2D eigenvalue weighted by atomic mass is 35.5. The number of anilines is 1. The zero-order valence-electron chi connectivity index (χ0n) is 16.8. The van der Waals surface area contributed by atoms with Crippen LogP contribution in [0.2, 0.25) is 5.02 Å². The number of amides is 1. The molecule has 0 bridgehead atoms. The third kappa shape index (κ3) is 5.62. The van der Waals surface area contributed by atoms with Crippen LogP contribution in [-0.2, 0) is 23.1 Å². The van der Waals surface area contributed by atoms with E-state index in [4.69, 9.17) is 11.6 Å². The Balaban J connectivity index is 1.71. The summed E-state index contributed by atoms with van der Waals surface area (Å²) >= 11 is 6.11. The van der Waals surface area contributed by atoms with Gasteiger partial charge in [0.15, 0.2) is 0 Å². The first-order valence-electron chi connectivity index (χ1n) is 9.39. The third-order valence-electron chi connectivity index (χ3n) is 4.63. The fourth-order valence-electron chi connectivity index (χ4n) is 3.03. The van der Waals surface area contributed by atoms with Gasteiger partial charge in [0.25, 0.3) is 5.91 Å². The molecule has 156 valence electrons. The molecule has 0 aliphatic heterocycles. The molecule has 0 radical (unpaired) electrons. The van der Waals surface area contributed by atoms with Crippen LogP contribution >= 0.6 is 11.6 Å². The van der Waals surface area contributed by atoms with E-state index in [2.05, 4.69) is 5.32 Å². The molecule has 3 aromatic rings. The monoisotopic (exact) mass is 442 g/mol. The smallest absolute Gasteiger partial charge is 0.251 e. The molecule has 0 aromatic heterocycles. The minimum atomic E-state index is -3.46. The lowest BCUT2D eigenvalue weighted by atomic mass is 10.1. The van der Waals surface area contributed by atoms with Crippen molar-refractivity contribution in [2.45, 2.75) is 20.0 Å². The number of nitrogens with one attached hydrogen (secondary N) is 1. The summed E-state index contributed by atoms with van der Waals surface area (Å²) in [4.78, 5) is 12.4. The first kappa shape index (κ1) is 21.9. The van der Waals surface area contributed by atoms with Gasteiger partial charge in [-0.05, 0) is 53.9 Å². The van der Waals surface area contributed by atoms with Crippen LogP contribution in [0.25, 0.3) is 0 Å². The zero-order chi connectivity index (χ0) is 21.7. The van der Waals surface area contributed by atoms with Crippen molar-refractivity contribution in [1.82, 2.24) is 5.32 Å². The van der Waals surface area contributed by atoms with Crippen molar-refractivity contribution in [3.05, 3.63) is 100 Å². The molecule has 0 aliphatic rings. The molecule has 0 fully saturated rings. The summed E-state index contributed by atoms with van der Waals surface area (Å²) in [5.74, 6) is -0.222. The van der Waals surface area contributed by atoms with Crippen LogP contribution in [-0.4, -0.2) is 20.6 Å². The Morgan fingerprint density at radius 3 is 2.33 bits per heavy atom. The molecule has 0 atom stereocenters. The number of hydrogen-bond acceptors (Lipinski definition) is 3. The number of carbonyl (C=O) groups is 1. The lowest BCUT2D eigenvalue weighted by Gasteiger charge is -2.23. The Morgan fingerprint density at radius 2 is 1.70 bits per heavy atom. The van der Waals surface area contributed by atoms with Crippen molar-refractivity contribution >= 4 is 33.2 Å². The number of carbonyl (C=O) groups excluding carboxylic acids is 1. The van der Waals surface area contributed by atoms with E-state index in [0.29, 0.717) is 22.8 Å². The lowest BCUT2D eigenvalue weighted by Crippen LogP contribution is -2.29. The first-order chi connectivity index (χ1) is 14.2. The number of hydrogen-bond donors (Lipinski definition) is 1. The van der Waals surface area contributed by atoms with Crippen LogP contribution in [0.15, 0.2) is 72.8 Å². The van der Waals surface area contributed by atoms with Gasteiger partial charge in [-0.2, -0.15) is 0 Å². The van der Waals surface area contributed by atoms with Gasteiger partial charge in [0, 0.05) is 17.1 Å². The molecule has 1 N–H and O–H groups in total. The maximum atomic E-state index is 12.4. The fraction of sp³-hybridized carbons (Fsp3) is 0.174. The van der Waals surface area contributed by atoms with Gasteiger partial charge in [-0.1, -0.05) is 54.1 Å². The van der Waals surface area contributed by atoms with E-state index in [1.165, 1.54) is 10.6 Å². The fourth-order valence-corrected chi connectivity index (χ4v) is 4.11. The summed E-state index contributed by atoms with van der Waals surface area (Å²) in [5, 5.41) is 3.44. The van der Waals surface area contributed by atoms with Gasteiger partial charge < -0.3 is 5.32 Å². The van der Waals surface area contributed by atoms with E-state index in [9.17, 15) is 13.2 Å². The Kier molecular flexibility index (Phi) is 6.80. The van der Waals surface area contributed by atoms with Crippen LogP contribution < -0.4 is 9.62 Å². The average Bonchev–Trinajstić information content (AvgIpc) is 2.71. The average molecular weight is 443 g/mol. The number of sulfonamides is 1. The van der Waals surface area contributed by atoms with E-state index < -0.39 is 10.0 Å². The van der Waals surface area contributed by atoms with Crippen LogP contribution in [0.4, 0.5) is 5.69 Å². The second kappa shape index (κ2) is 9.32. The summed E-state index contributed by atoms with van der Waals surface area (Å²) < 4.78 is 26.0. The Labute approximate surface area is 182 Å². The second-order valence-electron chi connectivity index (χ2n) is 7.08. The Morgan fingerprint density at radius 1 is 1.00 bits per heavy atom. The molecule has 7 heteroatoms. The van der Waals surface area contributed by atoms with Crippen molar-refractivity contribution in [3.8, 4) is 0 Å². The van der Waals surface area contributed by atoms with Crippen molar-refractivity contribution in [3.63, 3.8) is 0 Å². The zero-order valence-corrected chi connectivity index (χ0v) is 18.4.